The molecule has 0 amide bonds. The molecule has 12 heteroatoms. The minimum absolute atomic E-state index is 0.0238. The summed E-state index contributed by atoms with van der Waals surface area (Å²) in [5.41, 5.74) is -0.280. The fraction of sp³-hybridized carbons (Fsp3) is 0. The number of hydrogen-bond acceptors (Lipinski definition) is 5. The number of Topliss-reactive ketones (excluding diaryl/α,β-unsaturated/α-hetero) is 1. The zero-order chi connectivity index (χ0) is 28.5. The van der Waals surface area contributed by atoms with E-state index in [1.165, 1.54) is 60.7 Å². The second kappa shape index (κ2) is 10.9. The van der Waals surface area contributed by atoms with E-state index >= 15 is 0 Å². The van der Waals surface area contributed by atoms with Crippen LogP contribution >= 0.6 is 23.2 Å². The number of ketones is 1. The monoisotopic (exact) mass is 610 g/mol. The van der Waals surface area contributed by atoms with Gasteiger partial charge in [0.25, 0.3) is 27.2 Å². The van der Waals surface area contributed by atoms with Gasteiger partial charge in [0.2, 0.25) is 0 Å². The van der Waals surface area contributed by atoms with Gasteiger partial charge in [-0.05, 0) is 35.0 Å². The van der Waals surface area contributed by atoms with Crippen LogP contribution in [-0.4, -0.2) is 33.0 Å². The van der Waals surface area contributed by atoms with Gasteiger partial charge in [-0.2, -0.15) is 21.2 Å². The lowest BCUT2D eigenvalue weighted by Crippen LogP contribution is -2.24. The predicted molar refractivity (Wildman–Crippen MR) is 151 cm³/mol. The van der Waals surface area contributed by atoms with Crippen molar-refractivity contribution in [1.82, 2.24) is 0 Å². The first-order valence-electron chi connectivity index (χ1n) is 11.6. The van der Waals surface area contributed by atoms with Crippen molar-refractivity contribution < 1.29 is 26.3 Å². The number of sulfonamides is 2. The Balaban J connectivity index is 1.83. The molecule has 0 saturated carbocycles. The van der Waals surface area contributed by atoms with Gasteiger partial charge in [0.15, 0.2) is 0 Å². The molecule has 8 nitrogen and oxygen atoms in total. The van der Waals surface area contributed by atoms with Gasteiger partial charge in [-0.25, -0.2) is 0 Å². The Morgan fingerprint density at radius 2 is 1.23 bits per heavy atom. The molecule has 0 saturated heterocycles. The summed E-state index contributed by atoms with van der Waals surface area (Å²) >= 11 is 12.8. The summed E-state index contributed by atoms with van der Waals surface area (Å²) in [6.07, 6.45) is 1.15. The van der Waals surface area contributed by atoms with Crippen molar-refractivity contribution in [2.24, 2.45) is 8.92 Å². The Bertz CT molecular complexity index is 1940. The first kappa shape index (κ1) is 27.6. The SMILES string of the molecule is O=C(C1=CC(=NS(=O)(=O)c2ccccc2)c2c(Cl)cc(Cl)cc2[N+]1=NS(=O)(=O)c1ccccc1)c1ccccc1. The third-order valence-electron chi connectivity index (χ3n) is 5.78. The number of carbonyl (C=O) groups excluding carboxylic acids is 1. The largest absolute Gasteiger partial charge is 0.336 e. The van der Waals surface area contributed by atoms with E-state index in [1.54, 1.807) is 42.5 Å². The Morgan fingerprint density at radius 1 is 0.700 bits per heavy atom. The second-order valence-corrected chi connectivity index (χ2v) is 12.5. The maximum absolute atomic E-state index is 13.8. The number of benzene rings is 4. The molecule has 0 fully saturated rings. The topological polar surface area (TPSA) is 113 Å². The summed E-state index contributed by atoms with van der Waals surface area (Å²) in [7, 11) is -8.62. The van der Waals surface area contributed by atoms with Crippen LogP contribution in [0.3, 0.4) is 0 Å². The van der Waals surface area contributed by atoms with Crippen LogP contribution in [0.5, 0.6) is 0 Å². The van der Waals surface area contributed by atoms with Crippen LogP contribution < -0.4 is 0 Å². The van der Waals surface area contributed by atoms with Crippen molar-refractivity contribution in [3.63, 3.8) is 0 Å². The maximum atomic E-state index is 13.8. The Morgan fingerprint density at radius 3 is 1.80 bits per heavy atom. The van der Waals surface area contributed by atoms with Gasteiger partial charge in [-0.1, -0.05) is 89.9 Å². The number of hydrogen-bond donors (Lipinski definition) is 0. The number of nitrogens with zero attached hydrogens (tertiary/aromatic N) is 3. The standard InChI is InChI=1S/C28H18Cl2N3O5S2/c29-20-16-23(30)27-24(31-39(35,36)21-12-6-2-7-13-21)18-26(28(34)19-10-4-1-5-11-19)33(25(27)17-20)32-40(37,38)22-14-8-3-9-15-22/h1-18H/q+1. The first-order valence-corrected chi connectivity index (χ1v) is 15.2. The number of rotatable bonds is 6. The molecule has 1 heterocycles. The number of fused-ring (bicyclic) bond motifs is 1. The van der Waals surface area contributed by atoms with E-state index in [0.717, 1.165) is 10.8 Å². The molecular weight excluding hydrogens is 593 g/mol. The van der Waals surface area contributed by atoms with Crippen molar-refractivity contribution in [2.75, 3.05) is 0 Å². The van der Waals surface area contributed by atoms with Crippen LogP contribution in [0, 0.1) is 0 Å². The van der Waals surface area contributed by atoms with Crippen molar-refractivity contribution in [2.45, 2.75) is 9.79 Å². The molecule has 5 rings (SSSR count). The van der Waals surface area contributed by atoms with Gasteiger partial charge in [0, 0.05) is 22.7 Å². The first-order chi connectivity index (χ1) is 19.1. The van der Waals surface area contributed by atoms with E-state index in [0.29, 0.717) is 0 Å². The molecule has 40 heavy (non-hydrogen) atoms. The molecule has 0 atom stereocenters. The summed E-state index contributed by atoms with van der Waals surface area (Å²) in [5, 5.41) is 0.0732. The molecular formula is C28H18Cl2N3O5S2+. The lowest BCUT2D eigenvalue weighted by molar-refractivity contribution is -0.444. The maximum Gasteiger partial charge on any atom is 0.336 e. The highest BCUT2D eigenvalue weighted by Gasteiger charge is 2.40. The number of halogens is 2. The zero-order valence-corrected chi connectivity index (χ0v) is 23.5. The Kier molecular flexibility index (Phi) is 7.52. The quantitative estimate of drug-likeness (QED) is 0.184. The van der Waals surface area contributed by atoms with Gasteiger partial charge in [0.1, 0.15) is 4.52 Å². The fourth-order valence-electron chi connectivity index (χ4n) is 3.95. The number of carbonyl (C=O) groups is 1. The van der Waals surface area contributed by atoms with Gasteiger partial charge < -0.3 is 0 Å². The van der Waals surface area contributed by atoms with Crippen molar-refractivity contribution in [1.29, 1.82) is 0 Å². The Labute approximate surface area is 240 Å². The van der Waals surface area contributed by atoms with Gasteiger partial charge in [0.05, 0.1) is 26.1 Å². The lowest BCUT2D eigenvalue weighted by atomic mass is 9.98. The third-order valence-corrected chi connectivity index (χ3v) is 8.85. The van der Waals surface area contributed by atoms with E-state index in [1.807, 2.05) is 0 Å². The van der Waals surface area contributed by atoms with Crippen LogP contribution in [0.25, 0.3) is 0 Å². The van der Waals surface area contributed by atoms with Gasteiger partial charge in [-0.15, -0.1) is 0 Å². The van der Waals surface area contributed by atoms with Crippen LogP contribution in [0.4, 0.5) is 5.69 Å². The molecule has 0 aliphatic carbocycles. The summed E-state index contributed by atoms with van der Waals surface area (Å²) in [6, 6.07) is 25.7. The molecule has 0 radical (unpaired) electrons. The van der Waals surface area contributed by atoms with E-state index in [2.05, 4.69) is 8.92 Å². The minimum Gasteiger partial charge on any atom is -0.282 e. The van der Waals surface area contributed by atoms with Gasteiger partial charge in [-0.3, -0.25) is 4.79 Å². The second-order valence-electron chi connectivity index (χ2n) is 8.45. The molecule has 0 N–H and O–H groups in total. The molecule has 0 aromatic heterocycles. The van der Waals surface area contributed by atoms with Crippen LogP contribution in [0.2, 0.25) is 10.0 Å². The smallest absolute Gasteiger partial charge is 0.282 e. The van der Waals surface area contributed by atoms with E-state index in [4.69, 9.17) is 23.2 Å². The van der Waals surface area contributed by atoms with E-state index < -0.39 is 25.8 Å². The summed E-state index contributed by atoms with van der Waals surface area (Å²) < 4.78 is 62.0. The van der Waals surface area contributed by atoms with Crippen LogP contribution in [0.15, 0.2) is 134 Å². The average molecular weight is 612 g/mol. The number of allylic oxidation sites excluding steroid dienone is 2. The summed E-state index contributed by atoms with van der Waals surface area (Å²) in [6.45, 7) is 0. The van der Waals surface area contributed by atoms with Crippen molar-refractivity contribution >= 4 is 60.4 Å². The van der Waals surface area contributed by atoms with Crippen molar-refractivity contribution in [3.05, 3.63) is 136 Å². The van der Waals surface area contributed by atoms with E-state index in [-0.39, 0.29) is 48.1 Å². The van der Waals surface area contributed by atoms with Crippen LogP contribution in [0.1, 0.15) is 15.9 Å². The lowest BCUT2D eigenvalue weighted by Gasteiger charge is -2.15. The average Bonchev–Trinajstić information content (AvgIpc) is 2.94. The molecule has 0 unspecified atom stereocenters. The Hall–Kier alpha value is -3.96. The molecule has 1 aliphatic rings. The van der Waals surface area contributed by atoms with E-state index in [9.17, 15) is 21.6 Å². The van der Waals surface area contributed by atoms with Crippen molar-refractivity contribution in [3.8, 4) is 0 Å². The highest BCUT2D eigenvalue weighted by molar-refractivity contribution is 7.90. The highest BCUT2D eigenvalue weighted by atomic mass is 35.5. The van der Waals surface area contributed by atoms with Gasteiger partial charge >= 0.3 is 10.0 Å². The predicted octanol–water partition coefficient (Wildman–Crippen LogP) is 6.44. The molecule has 0 bridgehead atoms. The third kappa shape index (κ3) is 5.52. The summed E-state index contributed by atoms with van der Waals surface area (Å²) in [5.74, 6) is -0.640. The van der Waals surface area contributed by atoms with Crippen LogP contribution in [-0.2, 0) is 20.0 Å². The summed E-state index contributed by atoms with van der Waals surface area (Å²) in [4.78, 5) is 13.5. The molecule has 1 aliphatic heterocycles. The molecule has 4 aromatic carbocycles. The highest BCUT2D eigenvalue weighted by Crippen LogP contribution is 2.39. The molecule has 0 spiro atoms. The minimum atomic E-state index is -4.36. The molecule has 200 valence electrons. The fourth-order valence-corrected chi connectivity index (χ4v) is 6.53. The molecule has 4 aromatic rings. The normalized spacial score (nSPS) is 15.5. The zero-order valence-electron chi connectivity index (χ0n) is 20.3.